The number of nitrogens with two attached hydrogens (primary N) is 2. The Morgan fingerprint density at radius 3 is 2.42 bits per heavy atom. The van der Waals surface area contributed by atoms with E-state index in [1.54, 1.807) is 0 Å². The lowest BCUT2D eigenvalue weighted by molar-refractivity contribution is -0.675. The number of sulfonamides is 1. The molecule has 19 heavy (non-hydrogen) atoms. The lowest BCUT2D eigenvalue weighted by Crippen LogP contribution is -2.90. The van der Waals surface area contributed by atoms with Crippen LogP contribution in [0.3, 0.4) is 0 Å². The van der Waals surface area contributed by atoms with Crippen LogP contribution in [-0.4, -0.2) is 26.9 Å². The number of carbonyl (C=O) groups is 1. The molecule has 106 valence electrons. The van der Waals surface area contributed by atoms with Crippen LogP contribution in [0.25, 0.3) is 0 Å². The van der Waals surface area contributed by atoms with Gasteiger partial charge in [-0.15, -0.1) is 0 Å². The Balaban J connectivity index is 2.56. The molecule has 1 aromatic rings. The number of carbonyl (C=O) groups excluding carboxylic acids is 1. The number of nitrogens with one attached hydrogen (secondary N) is 1. The third-order valence-corrected chi connectivity index (χ3v) is 3.75. The van der Waals surface area contributed by atoms with E-state index in [9.17, 15) is 13.2 Å². The van der Waals surface area contributed by atoms with Gasteiger partial charge in [0.05, 0.1) is 10.9 Å². The highest BCUT2D eigenvalue weighted by Gasteiger charge is 2.10. The minimum atomic E-state index is -3.69. The number of anilines is 1. The summed E-state index contributed by atoms with van der Waals surface area (Å²) in [5.41, 5.74) is 0.551. The number of primary sulfonamides is 1. The zero-order chi connectivity index (χ0) is 14.5. The second-order valence-electron chi connectivity index (χ2n) is 4.44. The SMILES string of the molecule is CCC(C)[NH2+]CC(=O)Nc1ccc(S(N)(=O)=O)cc1. The number of hydrogen-bond donors (Lipinski definition) is 3. The van der Waals surface area contributed by atoms with Crippen molar-refractivity contribution in [1.29, 1.82) is 0 Å². The summed E-state index contributed by atoms with van der Waals surface area (Å²) in [6, 6.07) is 6.16. The third-order valence-electron chi connectivity index (χ3n) is 2.82. The van der Waals surface area contributed by atoms with Gasteiger partial charge in [-0.3, -0.25) is 4.79 Å². The van der Waals surface area contributed by atoms with Gasteiger partial charge in [0.25, 0.3) is 5.91 Å². The highest BCUT2D eigenvalue weighted by molar-refractivity contribution is 7.89. The fourth-order valence-corrected chi connectivity index (χ4v) is 1.93. The molecule has 0 heterocycles. The molecule has 1 rings (SSSR count). The van der Waals surface area contributed by atoms with Crippen LogP contribution in [0.2, 0.25) is 0 Å². The van der Waals surface area contributed by atoms with E-state index in [-0.39, 0.29) is 10.8 Å². The van der Waals surface area contributed by atoms with Crippen molar-refractivity contribution in [3.8, 4) is 0 Å². The van der Waals surface area contributed by atoms with Gasteiger partial charge < -0.3 is 10.6 Å². The predicted octanol–water partition coefficient (Wildman–Crippen LogP) is -0.366. The first-order valence-corrected chi connectivity index (χ1v) is 7.63. The van der Waals surface area contributed by atoms with Gasteiger partial charge >= 0.3 is 0 Å². The van der Waals surface area contributed by atoms with E-state index >= 15 is 0 Å². The fourth-order valence-electron chi connectivity index (χ4n) is 1.41. The monoisotopic (exact) mass is 286 g/mol. The van der Waals surface area contributed by atoms with E-state index in [4.69, 9.17) is 5.14 Å². The van der Waals surface area contributed by atoms with Gasteiger partial charge in [-0.05, 0) is 37.6 Å². The van der Waals surface area contributed by atoms with E-state index in [2.05, 4.69) is 12.2 Å². The largest absolute Gasteiger partial charge is 0.336 e. The van der Waals surface area contributed by atoms with E-state index < -0.39 is 10.0 Å². The summed E-state index contributed by atoms with van der Waals surface area (Å²) < 4.78 is 22.1. The Bertz CT molecular complexity index is 526. The first kappa shape index (κ1) is 15.6. The van der Waals surface area contributed by atoms with Crippen LogP contribution in [-0.2, 0) is 14.8 Å². The molecule has 7 heteroatoms. The summed E-state index contributed by atoms with van der Waals surface area (Å²) in [6.07, 6.45) is 0.996. The summed E-state index contributed by atoms with van der Waals surface area (Å²) in [6.45, 7) is 4.45. The average Bonchev–Trinajstić information content (AvgIpc) is 2.35. The number of amides is 1. The number of hydrogen-bond acceptors (Lipinski definition) is 3. The Morgan fingerprint density at radius 1 is 1.37 bits per heavy atom. The Kier molecular flexibility index (Phi) is 5.46. The molecule has 6 nitrogen and oxygen atoms in total. The zero-order valence-electron chi connectivity index (χ0n) is 11.1. The molecule has 0 bridgehead atoms. The fraction of sp³-hybridized carbons (Fsp3) is 0.417. The lowest BCUT2D eigenvalue weighted by atomic mass is 10.2. The molecule has 0 aliphatic rings. The molecule has 1 unspecified atom stereocenters. The number of benzene rings is 1. The molecular formula is C12H20N3O3S+. The van der Waals surface area contributed by atoms with Gasteiger partial charge in [-0.2, -0.15) is 0 Å². The standard InChI is InChI=1S/C12H19N3O3S/c1-3-9(2)14-8-12(16)15-10-4-6-11(7-5-10)19(13,17)18/h4-7,9,14H,3,8H2,1-2H3,(H,15,16)(H2,13,17,18)/p+1. The van der Waals surface area contributed by atoms with Crippen molar-refractivity contribution < 1.29 is 18.5 Å². The highest BCUT2D eigenvalue weighted by atomic mass is 32.2. The first-order chi connectivity index (χ1) is 8.82. The van der Waals surface area contributed by atoms with Crippen molar-refractivity contribution in [2.45, 2.75) is 31.2 Å². The predicted molar refractivity (Wildman–Crippen MR) is 73.0 cm³/mol. The summed E-state index contributed by atoms with van der Waals surface area (Å²) in [5.74, 6) is -0.122. The highest BCUT2D eigenvalue weighted by Crippen LogP contribution is 2.12. The van der Waals surface area contributed by atoms with Gasteiger partial charge in [0.15, 0.2) is 6.54 Å². The van der Waals surface area contributed by atoms with Gasteiger partial charge in [0, 0.05) is 5.69 Å². The summed E-state index contributed by atoms with van der Waals surface area (Å²) in [5, 5.41) is 9.63. The molecule has 0 aliphatic carbocycles. The third kappa shape index (κ3) is 5.37. The maximum Gasteiger partial charge on any atom is 0.279 e. The molecule has 1 atom stereocenters. The van der Waals surface area contributed by atoms with Gasteiger partial charge in [0.2, 0.25) is 10.0 Å². The van der Waals surface area contributed by atoms with Crippen molar-refractivity contribution in [3.63, 3.8) is 0 Å². The summed E-state index contributed by atoms with van der Waals surface area (Å²) >= 11 is 0. The van der Waals surface area contributed by atoms with Gasteiger partial charge in [-0.1, -0.05) is 6.92 Å². The molecule has 5 N–H and O–H groups in total. The summed E-state index contributed by atoms with van der Waals surface area (Å²) in [4.78, 5) is 11.7. The molecule has 0 saturated carbocycles. The van der Waals surface area contributed by atoms with Gasteiger partial charge in [0.1, 0.15) is 0 Å². The van der Waals surface area contributed by atoms with Crippen LogP contribution < -0.4 is 15.8 Å². The van der Waals surface area contributed by atoms with E-state index in [0.717, 1.165) is 6.42 Å². The van der Waals surface area contributed by atoms with Crippen LogP contribution in [0.4, 0.5) is 5.69 Å². The van der Waals surface area contributed by atoms with E-state index in [1.807, 2.05) is 12.2 Å². The molecule has 0 aliphatic heterocycles. The summed E-state index contributed by atoms with van der Waals surface area (Å²) in [7, 11) is -3.69. The van der Waals surface area contributed by atoms with E-state index in [0.29, 0.717) is 18.3 Å². The maximum absolute atomic E-state index is 11.6. The second kappa shape index (κ2) is 6.65. The molecule has 0 radical (unpaired) electrons. The minimum Gasteiger partial charge on any atom is -0.336 e. The van der Waals surface area contributed by atoms with Crippen LogP contribution in [0.5, 0.6) is 0 Å². The maximum atomic E-state index is 11.6. The zero-order valence-corrected chi connectivity index (χ0v) is 11.9. The van der Waals surface area contributed by atoms with Crippen LogP contribution in [0.1, 0.15) is 20.3 Å². The van der Waals surface area contributed by atoms with Crippen molar-refractivity contribution in [2.24, 2.45) is 5.14 Å². The van der Waals surface area contributed by atoms with Crippen molar-refractivity contribution in [1.82, 2.24) is 0 Å². The Morgan fingerprint density at radius 2 is 1.95 bits per heavy atom. The van der Waals surface area contributed by atoms with Gasteiger partial charge in [-0.25, -0.2) is 13.6 Å². The molecule has 0 fully saturated rings. The van der Waals surface area contributed by atoms with Crippen molar-refractivity contribution in [2.75, 3.05) is 11.9 Å². The lowest BCUT2D eigenvalue weighted by Gasteiger charge is -2.08. The quantitative estimate of drug-likeness (QED) is 0.664. The van der Waals surface area contributed by atoms with Crippen LogP contribution in [0, 0.1) is 0 Å². The second-order valence-corrected chi connectivity index (χ2v) is 6.00. The molecular weight excluding hydrogens is 266 g/mol. The smallest absolute Gasteiger partial charge is 0.279 e. The molecule has 1 amide bonds. The normalized spacial score (nSPS) is 13.0. The van der Waals surface area contributed by atoms with Crippen LogP contribution >= 0.6 is 0 Å². The van der Waals surface area contributed by atoms with Crippen molar-refractivity contribution >= 4 is 21.6 Å². The number of quaternary nitrogens is 1. The molecule has 0 aromatic heterocycles. The van der Waals surface area contributed by atoms with Crippen molar-refractivity contribution in [3.05, 3.63) is 24.3 Å². The topological polar surface area (TPSA) is 106 Å². The average molecular weight is 286 g/mol. The minimum absolute atomic E-state index is 0.0247. The molecule has 0 spiro atoms. The van der Waals surface area contributed by atoms with Crippen LogP contribution in [0.15, 0.2) is 29.2 Å². The first-order valence-electron chi connectivity index (χ1n) is 6.09. The van der Waals surface area contributed by atoms with E-state index in [1.165, 1.54) is 24.3 Å². The molecule has 0 saturated heterocycles. The Hall–Kier alpha value is -1.44. The number of rotatable bonds is 6. The molecule has 1 aromatic carbocycles. The Labute approximate surface area is 113 Å².